The number of hydrogen-bond acceptors (Lipinski definition) is 1. The first-order valence-corrected chi connectivity index (χ1v) is 5.20. The van der Waals surface area contributed by atoms with E-state index in [0.29, 0.717) is 0 Å². The summed E-state index contributed by atoms with van der Waals surface area (Å²) in [6.07, 6.45) is 3.06. The molecular weight excluding hydrogens is 176 g/mol. The lowest BCUT2D eigenvalue weighted by atomic mass is 10.2. The average molecular weight is 187 g/mol. The van der Waals surface area contributed by atoms with Crippen molar-refractivity contribution in [1.82, 2.24) is 0 Å². The first-order valence-electron chi connectivity index (χ1n) is 3.60. The summed E-state index contributed by atoms with van der Waals surface area (Å²) in [6.45, 7) is 2.11. The van der Waals surface area contributed by atoms with Gasteiger partial charge in [0.05, 0.1) is 0 Å². The molecule has 0 bridgehead atoms. The van der Waals surface area contributed by atoms with Gasteiger partial charge in [0.2, 0.25) is 0 Å². The molecule has 1 aromatic rings. The van der Waals surface area contributed by atoms with Crippen molar-refractivity contribution in [3.8, 4) is 0 Å². The lowest BCUT2D eigenvalue weighted by Crippen LogP contribution is -1.81. The predicted octanol–water partition coefficient (Wildman–Crippen LogP) is 3.62. The Morgan fingerprint density at radius 2 is 2.18 bits per heavy atom. The second-order valence-electron chi connectivity index (χ2n) is 2.31. The predicted molar refractivity (Wildman–Crippen MR) is 52.6 cm³/mol. The molecule has 1 rings (SSSR count). The molecular formula is C9H11ClS. The lowest BCUT2D eigenvalue weighted by molar-refractivity contribution is 1.13. The van der Waals surface area contributed by atoms with Gasteiger partial charge in [-0.1, -0.05) is 24.6 Å². The quantitative estimate of drug-likeness (QED) is 0.636. The molecule has 11 heavy (non-hydrogen) atoms. The zero-order chi connectivity index (χ0) is 8.27. The Labute approximate surface area is 77.0 Å². The fourth-order valence-electron chi connectivity index (χ4n) is 0.942. The van der Waals surface area contributed by atoms with Crippen LogP contribution in [0.2, 0.25) is 5.02 Å². The SMILES string of the molecule is CCc1ccc(SC)cc1Cl. The smallest absolute Gasteiger partial charge is 0.0449 e. The summed E-state index contributed by atoms with van der Waals surface area (Å²) in [7, 11) is 0. The van der Waals surface area contributed by atoms with Crippen molar-refractivity contribution in [2.75, 3.05) is 6.26 Å². The standard InChI is InChI=1S/C9H11ClS/c1-3-7-4-5-8(11-2)6-9(7)10/h4-6H,3H2,1-2H3. The van der Waals surface area contributed by atoms with Gasteiger partial charge in [-0.05, 0) is 30.4 Å². The molecule has 0 aliphatic carbocycles. The Kier molecular flexibility index (Phi) is 3.28. The molecule has 0 radical (unpaired) electrons. The molecule has 0 atom stereocenters. The van der Waals surface area contributed by atoms with Crippen molar-refractivity contribution in [1.29, 1.82) is 0 Å². The van der Waals surface area contributed by atoms with Crippen LogP contribution in [0, 0.1) is 0 Å². The summed E-state index contributed by atoms with van der Waals surface area (Å²) in [5, 5.41) is 0.888. The molecule has 0 amide bonds. The van der Waals surface area contributed by atoms with Gasteiger partial charge < -0.3 is 0 Å². The van der Waals surface area contributed by atoms with Crippen LogP contribution in [-0.2, 0) is 6.42 Å². The molecule has 1 aromatic carbocycles. The molecule has 0 nitrogen and oxygen atoms in total. The van der Waals surface area contributed by atoms with E-state index in [9.17, 15) is 0 Å². The zero-order valence-electron chi connectivity index (χ0n) is 6.73. The van der Waals surface area contributed by atoms with Crippen LogP contribution in [0.15, 0.2) is 23.1 Å². The van der Waals surface area contributed by atoms with Gasteiger partial charge in [0, 0.05) is 9.92 Å². The van der Waals surface area contributed by atoms with Crippen molar-refractivity contribution >= 4 is 23.4 Å². The summed E-state index contributed by atoms with van der Waals surface area (Å²) in [5.74, 6) is 0. The number of rotatable bonds is 2. The van der Waals surface area contributed by atoms with E-state index in [1.54, 1.807) is 11.8 Å². The van der Waals surface area contributed by atoms with Crippen LogP contribution in [0.5, 0.6) is 0 Å². The van der Waals surface area contributed by atoms with Crippen LogP contribution in [0.3, 0.4) is 0 Å². The minimum Gasteiger partial charge on any atom is -0.130 e. The van der Waals surface area contributed by atoms with Crippen molar-refractivity contribution in [3.05, 3.63) is 28.8 Å². The van der Waals surface area contributed by atoms with E-state index in [2.05, 4.69) is 25.3 Å². The number of halogens is 1. The lowest BCUT2D eigenvalue weighted by Gasteiger charge is -2.01. The molecule has 0 aromatic heterocycles. The number of hydrogen-bond donors (Lipinski definition) is 0. The molecule has 0 saturated heterocycles. The minimum atomic E-state index is 0.888. The summed E-state index contributed by atoms with van der Waals surface area (Å²) in [6, 6.07) is 6.22. The summed E-state index contributed by atoms with van der Waals surface area (Å²) >= 11 is 7.71. The maximum atomic E-state index is 5.99. The van der Waals surface area contributed by atoms with Crippen LogP contribution >= 0.6 is 23.4 Å². The van der Waals surface area contributed by atoms with Crippen molar-refractivity contribution in [2.24, 2.45) is 0 Å². The Morgan fingerprint density at radius 1 is 1.45 bits per heavy atom. The molecule has 0 aliphatic heterocycles. The van der Waals surface area contributed by atoms with E-state index >= 15 is 0 Å². The molecule has 0 N–H and O–H groups in total. The Hall–Kier alpha value is -0.140. The van der Waals surface area contributed by atoms with Gasteiger partial charge in [0.15, 0.2) is 0 Å². The molecule has 0 unspecified atom stereocenters. The van der Waals surface area contributed by atoms with Gasteiger partial charge in [0.1, 0.15) is 0 Å². The number of aryl methyl sites for hydroxylation is 1. The monoisotopic (exact) mass is 186 g/mol. The van der Waals surface area contributed by atoms with E-state index in [1.165, 1.54) is 10.5 Å². The summed E-state index contributed by atoms with van der Waals surface area (Å²) < 4.78 is 0. The Morgan fingerprint density at radius 3 is 2.64 bits per heavy atom. The molecule has 0 aliphatic rings. The molecule has 0 heterocycles. The van der Waals surface area contributed by atoms with Crippen molar-refractivity contribution in [3.63, 3.8) is 0 Å². The van der Waals surface area contributed by atoms with E-state index in [-0.39, 0.29) is 0 Å². The van der Waals surface area contributed by atoms with Gasteiger partial charge in [-0.3, -0.25) is 0 Å². The number of thioether (sulfide) groups is 1. The molecule has 60 valence electrons. The minimum absolute atomic E-state index is 0.888. The average Bonchev–Trinajstić information content (AvgIpc) is 2.04. The van der Waals surface area contributed by atoms with Gasteiger partial charge >= 0.3 is 0 Å². The van der Waals surface area contributed by atoms with Crippen molar-refractivity contribution < 1.29 is 0 Å². The van der Waals surface area contributed by atoms with Crippen LogP contribution in [-0.4, -0.2) is 6.26 Å². The number of benzene rings is 1. The van der Waals surface area contributed by atoms with E-state index in [1.807, 2.05) is 6.07 Å². The summed E-state index contributed by atoms with van der Waals surface area (Å²) in [5.41, 5.74) is 1.23. The Bertz CT molecular complexity index is 245. The highest BCUT2D eigenvalue weighted by Gasteiger charge is 1.97. The maximum absolute atomic E-state index is 5.99. The van der Waals surface area contributed by atoms with Crippen LogP contribution in [0.1, 0.15) is 12.5 Å². The normalized spacial score (nSPS) is 10.1. The van der Waals surface area contributed by atoms with Crippen molar-refractivity contribution in [2.45, 2.75) is 18.2 Å². The van der Waals surface area contributed by atoms with E-state index in [4.69, 9.17) is 11.6 Å². The van der Waals surface area contributed by atoms with Crippen LogP contribution < -0.4 is 0 Å². The fourth-order valence-corrected chi connectivity index (χ4v) is 1.76. The van der Waals surface area contributed by atoms with Gasteiger partial charge in [-0.25, -0.2) is 0 Å². The fraction of sp³-hybridized carbons (Fsp3) is 0.333. The second kappa shape index (κ2) is 4.03. The van der Waals surface area contributed by atoms with Crippen LogP contribution in [0.25, 0.3) is 0 Å². The molecule has 0 spiro atoms. The Balaban J connectivity index is 2.99. The highest BCUT2D eigenvalue weighted by molar-refractivity contribution is 7.98. The third-order valence-corrected chi connectivity index (χ3v) is 2.72. The first-order chi connectivity index (χ1) is 5.27. The molecule has 0 fully saturated rings. The maximum Gasteiger partial charge on any atom is 0.0449 e. The van der Waals surface area contributed by atoms with E-state index < -0.39 is 0 Å². The van der Waals surface area contributed by atoms with Crippen LogP contribution in [0.4, 0.5) is 0 Å². The zero-order valence-corrected chi connectivity index (χ0v) is 8.30. The third kappa shape index (κ3) is 2.14. The second-order valence-corrected chi connectivity index (χ2v) is 3.60. The topological polar surface area (TPSA) is 0 Å². The largest absolute Gasteiger partial charge is 0.130 e. The highest BCUT2D eigenvalue weighted by Crippen LogP contribution is 2.23. The highest BCUT2D eigenvalue weighted by atomic mass is 35.5. The molecule has 2 heteroatoms. The summed E-state index contributed by atoms with van der Waals surface area (Å²) in [4.78, 5) is 1.23. The third-order valence-electron chi connectivity index (χ3n) is 1.64. The van der Waals surface area contributed by atoms with Gasteiger partial charge in [-0.15, -0.1) is 11.8 Å². The van der Waals surface area contributed by atoms with E-state index in [0.717, 1.165) is 11.4 Å². The molecule has 0 saturated carbocycles. The first kappa shape index (κ1) is 8.95. The van der Waals surface area contributed by atoms with Gasteiger partial charge in [0.25, 0.3) is 0 Å². The van der Waals surface area contributed by atoms with Gasteiger partial charge in [-0.2, -0.15) is 0 Å².